The van der Waals surface area contributed by atoms with Crippen molar-refractivity contribution in [2.75, 3.05) is 13.1 Å². The van der Waals surface area contributed by atoms with E-state index in [0.717, 1.165) is 29.8 Å². The van der Waals surface area contributed by atoms with Gasteiger partial charge in [0.15, 0.2) is 0 Å². The molecule has 1 saturated heterocycles. The van der Waals surface area contributed by atoms with E-state index in [0.29, 0.717) is 5.58 Å². The maximum atomic E-state index is 12.0. The predicted octanol–water partition coefficient (Wildman–Crippen LogP) is 3.39. The van der Waals surface area contributed by atoms with E-state index in [-0.39, 0.29) is 5.63 Å². The molecule has 27 heavy (non-hydrogen) atoms. The van der Waals surface area contributed by atoms with Crippen molar-refractivity contribution in [3.8, 4) is 0 Å². The summed E-state index contributed by atoms with van der Waals surface area (Å²) in [5.41, 5.74) is 4.35. The van der Waals surface area contributed by atoms with Gasteiger partial charge in [0, 0.05) is 17.0 Å². The summed E-state index contributed by atoms with van der Waals surface area (Å²) in [7, 11) is 0. The second-order valence-corrected chi connectivity index (χ2v) is 7.83. The zero-order valence-corrected chi connectivity index (χ0v) is 16.0. The van der Waals surface area contributed by atoms with Crippen LogP contribution >= 0.6 is 0 Å². The number of fused-ring (bicyclic) bond motifs is 1. The van der Waals surface area contributed by atoms with Gasteiger partial charge in [-0.1, -0.05) is 43.3 Å². The van der Waals surface area contributed by atoms with Crippen molar-refractivity contribution in [3.63, 3.8) is 0 Å². The number of rotatable bonds is 5. The van der Waals surface area contributed by atoms with Gasteiger partial charge >= 0.3 is 5.63 Å². The van der Waals surface area contributed by atoms with E-state index in [9.17, 15) is 4.79 Å². The normalized spacial score (nSPS) is 20.0. The van der Waals surface area contributed by atoms with Crippen LogP contribution in [-0.4, -0.2) is 13.1 Å². The maximum absolute atomic E-state index is 12.0. The Hall–Kier alpha value is -2.39. The van der Waals surface area contributed by atoms with E-state index >= 15 is 0 Å². The Morgan fingerprint density at radius 3 is 2.52 bits per heavy atom. The quantitative estimate of drug-likeness (QED) is 0.706. The molecular formula is C24H28NO2+. The Kier molecular flexibility index (Phi) is 5.40. The van der Waals surface area contributed by atoms with Gasteiger partial charge in [-0.25, -0.2) is 4.79 Å². The van der Waals surface area contributed by atoms with Crippen molar-refractivity contribution in [1.82, 2.24) is 0 Å². The molecule has 0 spiro atoms. The average molecular weight is 362 g/mol. The second-order valence-electron chi connectivity index (χ2n) is 7.83. The maximum Gasteiger partial charge on any atom is 0.336 e. The van der Waals surface area contributed by atoms with Gasteiger partial charge in [-0.2, -0.15) is 0 Å². The summed E-state index contributed by atoms with van der Waals surface area (Å²) in [5.74, 6) is 0.778. The van der Waals surface area contributed by atoms with E-state index in [4.69, 9.17) is 4.42 Å². The molecule has 1 aliphatic heterocycles. The number of nitrogens with one attached hydrogen (secondary N) is 1. The van der Waals surface area contributed by atoms with Gasteiger partial charge in [0.2, 0.25) is 0 Å². The van der Waals surface area contributed by atoms with Crippen LogP contribution in [0.25, 0.3) is 11.0 Å². The first-order valence-corrected chi connectivity index (χ1v) is 10.1. The smallest absolute Gasteiger partial charge is 0.336 e. The molecule has 1 fully saturated rings. The van der Waals surface area contributed by atoms with Crippen LogP contribution in [-0.2, 0) is 19.4 Å². The van der Waals surface area contributed by atoms with Crippen molar-refractivity contribution in [1.29, 1.82) is 0 Å². The first-order valence-electron chi connectivity index (χ1n) is 10.1. The Labute approximate surface area is 160 Å². The molecule has 0 aliphatic carbocycles. The molecule has 0 saturated carbocycles. The molecule has 3 nitrogen and oxygen atoms in total. The number of piperidine rings is 1. The topological polar surface area (TPSA) is 34.6 Å². The minimum Gasteiger partial charge on any atom is -0.423 e. The van der Waals surface area contributed by atoms with Gasteiger partial charge in [0.05, 0.1) is 13.1 Å². The number of quaternary nitrogens is 1. The second kappa shape index (κ2) is 8.10. The summed E-state index contributed by atoms with van der Waals surface area (Å²) < 4.78 is 5.41. The fourth-order valence-corrected chi connectivity index (χ4v) is 4.32. The number of aryl methyl sites for hydroxylation is 1. The minimum absolute atomic E-state index is 0.236. The average Bonchev–Trinajstić information content (AvgIpc) is 2.70. The largest absolute Gasteiger partial charge is 0.423 e. The monoisotopic (exact) mass is 362 g/mol. The molecule has 2 aromatic carbocycles. The van der Waals surface area contributed by atoms with Gasteiger partial charge in [0.1, 0.15) is 12.1 Å². The molecule has 0 unspecified atom stereocenters. The van der Waals surface area contributed by atoms with Crippen molar-refractivity contribution in [2.45, 2.75) is 39.2 Å². The molecule has 3 heteroatoms. The van der Waals surface area contributed by atoms with Crippen LogP contribution in [0.3, 0.4) is 0 Å². The summed E-state index contributed by atoms with van der Waals surface area (Å²) in [5, 5.41) is 1.10. The highest BCUT2D eigenvalue weighted by molar-refractivity contribution is 5.80. The van der Waals surface area contributed by atoms with Crippen molar-refractivity contribution in [2.24, 2.45) is 5.92 Å². The molecular weight excluding hydrogens is 334 g/mol. The standard InChI is InChI=1S/C24H27NO2/c1-2-18-8-9-23-22(15-18)21(16-24(26)27-23)17-25-12-10-20(11-13-25)14-19-6-4-3-5-7-19/h3-9,15-16,20H,2,10-14,17H2,1H3/p+1. The van der Waals surface area contributed by atoms with Crippen LogP contribution in [0, 0.1) is 5.92 Å². The number of hydrogen-bond acceptors (Lipinski definition) is 2. The molecule has 0 atom stereocenters. The molecule has 4 rings (SSSR count). The van der Waals surface area contributed by atoms with E-state index in [1.807, 2.05) is 6.07 Å². The zero-order chi connectivity index (χ0) is 18.6. The van der Waals surface area contributed by atoms with Crippen LogP contribution in [0.4, 0.5) is 0 Å². The highest BCUT2D eigenvalue weighted by atomic mass is 16.4. The summed E-state index contributed by atoms with van der Waals surface area (Å²) in [4.78, 5) is 13.6. The van der Waals surface area contributed by atoms with Crippen LogP contribution in [0.15, 0.2) is 63.8 Å². The Bertz CT molecular complexity index is 953. The first-order chi connectivity index (χ1) is 13.2. The first kappa shape index (κ1) is 18.0. The Balaban J connectivity index is 1.45. The molecule has 1 aliphatic rings. The van der Waals surface area contributed by atoms with E-state index in [2.05, 4.69) is 49.4 Å². The Morgan fingerprint density at radius 2 is 1.78 bits per heavy atom. The fraction of sp³-hybridized carbons (Fsp3) is 0.375. The van der Waals surface area contributed by atoms with Crippen molar-refractivity contribution >= 4 is 11.0 Å². The predicted molar refractivity (Wildman–Crippen MR) is 109 cm³/mol. The van der Waals surface area contributed by atoms with Gasteiger partial charge in [-0.15, -0.1) is 0 Å². The summed E-state index contributed by atoms with van der Waals surface area (Å²) in [6.45, 7) is 5.41. The lowest BCUT2D eigenvalue weighted by Gasteiger charge is -2.29. The van der Waals surface area contributed by atoms with Gasteiger partial charge in [-0.05, 0) is 54.9 Å². The van der Waals surface area contributed by atoms with Gasteiger partial charge < -0.3 is 9.32 Å². The molecule has 1 aromatic heterocycles. The summed E-state index contributed by atoms with van der Waals surface area (Å²) in [6.07, 6.45) is 4.69. The van der Waals surface area contributed by atoms with Crippen LogP contribution in [0.5, 0.6) is 0 Å². The minimum atomic E-state index is -0.236. The van der Waals surface area contributed by atoms with Crippen LogP contribution in [0.2, 0.25) is 0 Å². The van der Waals surface area contributed by atoms with Crippen LogP contribution < -0.4 is 10.5 Å². The fourth-order valence-electron chi connectivity index (χ4n) is 4.32. The third kappa shape index (κ3) is 4.30. The van der Waals surface area contributed by atoms with Gasteiger partial charge in [-0.3, -0.25) is 0 Å². The van der Waals surface area contributed by atoms with E-state index in [1.165, 1.54) is 43.5 Å². The molecule has 3 aromatic rings. The summed E-state index contributed by atoms with van der Waals surface area (Å²) in [6, 6.07) is 18.7. The number of benzene rings is 2. The molecule has 0 amide bonds. The summed E-state index contributed by atoms with van der Waals surface area (Å²) >= 11 is 0. The molecule has 0 radical (unpaired) electrons. The molecule has 140 valence electrons. The van der Waals surface area contributed by atoms with Crippen molar-refractivity contribution < 1.29 is 9.32 Å². The van der Waals surface area contributed by atoms with Crippen molar-refractivity contribution in [3.05, 3.63) is 81.7 Å². The zero-order valence-electron chi connectivity index (χ0n) is 16.0. The third-order valence-corrected chi connectivity index (χ3v) is 5.92. The third-order valence-electron chi connectivity index (χ3n) is 5.92. The SMILES string of the molecule is CCc1ccc2oc(=O)cc(C[NH+]3CCC(Cc4ccccc4)CC3)c2c1. The molecule has 0 bridgehead atoms. The molecule has 2 heterocycles. The van der Waals surface area contributed by atoms with Gasteiger partial charge in [0.25, 0.3) is 0 Å². The number of hydrogen-bond donors (Lipinski definition) is 1. The Morgan fingerprint density at radius 1 is 1.00 bits per heavy atom. The van der Waals surface area contributed by atoms with E-state index < -0.39 is 0 Å². The lowest BCUT2D eigenvalue weighted by atomic mass is 9.90. The highest BCUT2D eigenvalue weighted by Gasteiger charge is 2.23. The van der Waals surface area contributed by atoms with E-state index in [1.54, 1.807) is 11.0 Å². The lowest BCUT2D eigenvalue weighted by molar-refractivity contribution is -0.919. The lowest BCUT2D eigenvalue weighted by Crippen LogP contribution is -3.11. The highest BCUT2D eigenvalue weighted by Crippen LogP contribution is 2.20. The van der Waals surface area contributed by atoms with Crippen LogP contribution in [0.1, 0.15) is 36.5 Å². The number of likely N-dealkylation sites (tertiary alicyclic amines) is 1. The molecule has 1 N–H and O–H groups in total.